The Hall–Kier alpha value is -1.22. The molecule has 1 aliphatic rings. The lowest BCUT2D eigenvalue weighted by molar-refractivity contribution is -0.117. The van der Waals surface area contributed by atoms with Crippen molar-refractivity contribution in [3.8, 4) is 0 Å². The van der Waals surface area contributed by atoms with Crippen molar-refractivity contribution in [2.24, 2.45) is 5.92 Å². The molecule has 1 aromatic rings. The van der Waals surface area contributed by atoms with E-state index in [1.807, 2.05) is 0 Å². The van der Waals surface area contributed by atoms with Gasteiger partial charge in [-0.25, -0.2) is 8.42 Å². The number of carbonyl (C=O) groups is 1. The van der Waals surface area contributed by atoms with Gasteiger partial charge in [0.1, 0.15) is 0 Å². The van der Waals surface area contributed by atoms with Crippen molar-refractivity contribution in [2.75, 3.05) is 16.3 Å². The highest BCUT2D eigenvalue weighted by atomic mass is 32.2. The lowest BCUT2D eigenvalue weighted by Crippen LogP contribution is -2.18. The van der Waals surface area contributed by atoms with Gasteiger partial charge < -0.3 is 5.32 Å². The van der Waals surface area contributed by atoms with E-state index in [1.165, 1.54) is 19.3 Å². The number of sulfonamides is 1. The fourth-order valence-electron chi connectivity index (χ4n) is 2.30. The monoisotopic (exact) mass is 318 g/mol. The summed E-state index contributed by atoms with van der Waals surface area (Å²) in [7, 11) is -3.37. The minimum Gasteiger partial charge on any atom is -0.300 e. The van der Waals surface area contributed by atoms with E-state index >= 15 is 0 Å². The summed E-state index contributed by atoms with van der Waals surface area (Å²) in [5.74, 6) is 0.365. The normalized spacial score (nSPS) is 16.9. The largest absolute Gasteiger partial charge is 0.300 e. The van der Waals surface area contributed by atoms with Crippen LogP contribution in [0.3, 0.4) is 0 Å². The molecule has 0 spiro atoms. The van der Waals surface area contributed by atoms with E-state index in [4.69, 9.17) is 0 Å². The van der Waals surface area contributed by atoms with Crippen LogP contribution >= 0.6 is 11.3 Å². The molecule has 1 saturated carbocycles. The van der Waals surface area contributed by atoms with Gasteiger partial charge in [-0.3, -0.25) is 9.52 Å². The average molecular weight is 318 g/mol. The van der Waals surface area contributed by atoms with Crippen molar-refractivity contribution < 1.29 is 13.2 Å². The Bertz CT molecular complexity index is 564. The zero-order valence-electron chi connectivity index (χ0n) is 11.3. The van der Waals surface area contributed by atoms with E-state index in [0.717, 1.165) is 30.4 Å². The van der Waals surface area contributed by atoms with Crippen molar-refractivity contribution >= 4 is 37.5 Å². The highest BCUT2D eigenvalue weighted by Gasteiger charge is 2.18. The first-order valence-corrected chi connectivity index (χ1v) is 9.24. The SMILES string of the molecule is CS(=O)(=O)Nc1nnc(NC(=O)CC2CCCCC2)s1. The van der Waals surface area contributed by atoms with Gasteiger partial charge in [0, 0.05) is 6.42 Å². The Balaban J connectivity index is 1.85. The van der Waals surface area contributed by atoms with E-state index < -0.39 is 10.0 Å². The summed E-state index contributed by atoms with van der Waals surface area (Å²) >= 11 is 1.01. The predicted molar refractivity (Wildman–Crippen MR) is 78.2 cm³/mol. The summed E-state index contributed by atoms with van der Waals surface area (Å²) in [6.45, 7) is 0. The van der Waals surface area contributed by atoms with Gasteiger partial charge in [0.25, 0.3) is 0 Å². The number of hydrogen-bond acceptors (Lipinski definition) is 6. The summed E-state index contributed by atoms with van der Waals surface area (Å²) in [6, 6.07) is 0. The highest BCUT2D eigenvalue weighted by Crippen LogP contribution is 2.27. The van der Waals surface area contributed by atoms with Crippen molar-refractivity contribution in [2.45, 2.75) is 38.5 Å². The van der Waals surface area contributed by atoms with Gasteiger partial charge in [-0.05, 0) is 18.8 Å². The summed E-state index contributed by atoms with van der Waals surface area (Å²) in [6.07, 6.45) is 7.38. The maximum Gasteiger partial charge on any atom is 0.231 e. The lowest BCUT2D eigenvalue weighted by atomic mass is 9.87. The standard InChI is InChI=1S/C11H18N4O3S2/c1-20(17,18)15-11-14-13-10(19-11)12-9(16)7-8-5-3-2-4-6-8/h8H,2-7H2,1H3,(H,14,15)(H,12,13,16). The van der Waals surface area contributed by atoms with E-state index in [-0.39, 0.29) is 11.0 Å². The minimum absolute atomic E-state index is 0.0843. The number of nitrogens with one attached hydrogen (secondary N) is 2. The van der Waals surface area contributed by atoms with Crippen LogP contribution in [0.1, 0.15) is 38.5 Å². The van der Waals surface area contributed by atoms with Gasteiger partial charge in [-0.2, -0.15) is 0 Å². The van der Waals surface area contributed by atoms with Crippen LogP contribution in [0.15, 0.2) is 0 Å². The van der Waals surface area contributed by atoms with Crippen LogP contribution in [0.4, 0.5) is 10.3 Å². The second kappa shape index (κ2) is 6.49. The van der Waals surface area contributed by atoms with E-state index in [1.54, 1.807) is 0 Å². The molecule has 0 bridgehead atoms. The Kier molecular flexibility index (Phi) is 4.92. The van der Waals surface area contributed by atoms with Gasteiger partial charge in [0.05, 0.1) is 6.26 Å². The summed E-state index contributed by atoms with van der Waals surface area (Å²) in [4.78, 5) is 11.9. The number of carbonyl (C=O) groups excluding carboxylic acids is 1. The van der Waals surface area contributed by atoms with Crippen LogP contribution in [-0.2, 0) is 14.8 Å². The zero-order chi connectivity index (χ0) is 14.6. The lowest BCUT2D eigenvalue weighted by Gasteiger charge is -2.20. The predicted octanol–water partition coefficient (Wildman–Crippen LogP) is 1.82. The fourth-order valence-corrected chi connectivity index (χ4v) is 3.79. The maximum atomic E-state index is 11.9. The van der Waals surface area contributed by atoms with Crippen molar-refractivity contribution in [3.05, 3.63) is 0 Å². The Morgan fingerprint density at radius 1 is 1.25 bits per heavy atom. The number of nitrogens with zero attached hydrogens (tertiary/aromatic N) is 2. The number of hydrogen-bond donors (Lipinski definition) is 2. The van der Waals surface area contributed by atoms with Crippen LogP contribution < -0.4 is 10.0 Å². The number of aromatic nitrogens is 2. The zero-order valence-corrected chi connectivity index (χ0v) is 12.9. The molecule has 1 aromatic heterocycles. The molecular weight excluding hydrogens is 300 g/mol. The van der Waals surface area contributed by atoms with Crippen LogP contribution in [-0.4, -0.2) is 30.8 Å². The highest BCUT2D eigenvalue weighted by molar-refractivity contribution is 7.92. The smallest absolute Gasteiger partial charge is 0.231 e. The molecule has 1 amide bonds. The van der Waals surface area contributed by atoms with Crippen molar-refractivity contribution in [3.63, 3.8) is 0 Å². The number of anilines is 2. The van der Waals surface area contributed by atoms with E-state index in [9.17, 15) is 13.2 Å². The molecule has 0 aliphatic heterocycles. The molecule has 2 rings (SSSR count). The average Bonchev–Trinajstić information content (AvgIpc) is 2.75. The van der Waals surface area contributed by atoms with Crippen LogP contribution in [0, 0.1) is 5.92 Å². The van der Waals surface area contributed by atoms with Gasteiger partial charge in [-0.1, -0.05) is 30.6 Å². The second-order valence-electron chi connectivity index (χ2n) is 5.04. The molecular formula is C11H18N4O3S2. The molecule has 2 N–H and O–H groups in total. The third kappa shape index (κ3) is 5.04. The molecule has 0 unspecified atom stereocenters. The summed E-state index contributed by atoms with van der Waals surface area (Å²) in [5.41, 5.74) is 0. The Labute approximate surface area is 122 Å². The third-order valence-corrected chi connectivity index (χ3v) is 4.59. The van der Waals surface area contributed by atoms with Crippen molar-refractivity contribution in [1.82, 2.24) is 10.2 Å². The number of amides is 1. The van der Waals surface area contributed by atoms with Gasteiger partial charge in [0.15, 0.2) is 0 Å². The number of rotatable bonds is 5. The van der Waals surface area contributed by atoms with E-state index in [0.29, 0.717) is 17.5 Å². The molecule has 112 valence electrons. The molecule has 1 aliphatic carbocycles. The third-order valence-electron chi connectivity index (χ3n) is 3.14. The molecule has 0 radical (unpaired) electrons. The van der Waals surface area contributed by atoms with Crippen LogP contribution in [0.5, 0.6) is 0 Å². The molecule has 1 fully saturated rings. The minimum atomic E-state index is -3.37. The first-order valence-electron chi connectivity index (χ1n) is 6.53. The molecule has 1 heterocycles. The molecule has 20 heavy (non-hydrogen) atoms. The molecule has 0 atom stereocenters. The Morgan fingerprint density at radius 3 is 2.55 bits per heavy atom. The van der Waals surface area contributed by atoms with E-state index in [2.05, 4.69) is 20.2 Å². The molecule has 9 heteroatoms. The maximum absolute atomic E-state index is 11.9. The molecule has 0 saturated heterocycles. The topological polar surface area (TPSA) is 101 Å². The molecule has 7 nitrogen and oxygen atoms in total. The Morgan fingerprint density at radius 2 is 1.90 bits per heavy atom. The summed E-state index contributed by atoms with van der Waals surface area (Å²) < 4.78 is 24.3. The second-order valence-corrected chi connectivity index (χ2v) is 7.77. The van der Waals surface area contributed by atoms with Crippen LogP contribution in [0.2, 0.25) is 0 Å². The summed E-state index contributed by atoms with van der Waals surface area (Å²) in [5, 5.41) is 10.5. The van der Waals surface area contributed by atoms with Crippen LogP contribution in [0.25, 0.3) is 0 Å². The quantitative estimate of drug-likeness (QED) is 0.862. The van der Waals surface area contributed by atoms with Gasteiger partial charge in [-0.15, -0.1) is 10.2 Å². The van der Waals surface area contributed by atoms with Crippen molar-refractivity contribution in [1.29, 1.82) is 0 Å². The van der Waals surface area contributed by atoms with Gasteiger partial charge >= 0.3 is 0 Å². The first kappa shape index (κ1) is 15.2. The fraction of sp³-hybridized carbons (Fsp3) is 0.727. The van der Waals surface area contributed by atoms with Gasteiger partial charge in [0.2, 0.25) is 26.2 Å². The first-order chi connectivity index (χ1) is 9.42. The molecule has 0 aromatic carbocycles.